The Morgan fingerprint density at radius 2 is 1.79 bits per heavy atom. The van der Waals surface area contributed by atoms with Crippen LogP contribution in [-0.4, -0.2) is 30.8 Å². The molecule has 0 saturated heterocycles. The van der Waals surface area contributed by atoms with Gasteiger partial charge in [0.05, 0.1) is 13.0 Å². The van der Waals surface area contributed by atoms with Crippen LogP contribution in [-0.2, 0) is 11.2 Å². The highest BCUT2D eigenvalue weighted by atomic mass is 35.5. The number of nitrogens with one attached hydrogen (secondary N) is 1. The summed E-state index contributed by atoms with van der Waals surface area (Å²) in [5.74, 6) is 0.115. The molecule has 0 atom stereocenters. The molecule has 0 saturated carbocycles. The zero-order chi connectivity index (χ0) is 19.3. The number of carboxylic acid groups (broad SMARTS) is 1. The van der Waals surface area contributed by atoms with E-state index in [2.05, 4.69) is 35.7 Å². The third-order valence-corrected chi connectivity index (χ3v) is 4.18. The number of rotatable bonds is 12. The van der Waals surface area contributed by atoms with Crippen LogP contribution in [0.5, 0.6) is 5.75 Å². The molecule has 0 radical (unpaired) electrons. The minimum absolute atomic E-state index is 0. The molecule has 0 bridgehead atoms. The summed E-state index contributed by atoms with van der Waals surface area (Å²) in [6.07, 6.45) is 5.49. The average molecular weight is 404 g/mol. The molecule has 4 nitrogen and oxygen atoms in total. The van der Waals surface area contributed by atoms with Crippen LogP contribution >= 0.6 is 12.4 Å². The second-order valence-corrected chi connectivity index (χ2v) is 6.67. The number of carboxylic acids is 1. The first-order valence-electron chi connectivity index (χ1n) is 9.50. The zero-order valence-corrected chi connectivity index (χ0v) is 17.2. The molecule has 2 N–H and O–H groups in total. The van der Waals surface area contributed by atoms with Crippen LogP contribution in [0.3, 0.4) is 0 Å². The van der Waals surface area contributed by atoms with E-state index in [1.807, 2.05) is 37.3 Å². The molecule has 2 aromatic rings. The SMILES string of the molecule is CC(=Cc1ccc(OCCCCc2ccccc2)cc1)CNCCC(=O)O.Cl. The maximum absolute atomic E-state index is 10.5. The highest BCUT2D eigenvalue weighted by Gasteiger charge is 1.98. The Hall–Kier alpha value is -2.30. The number of hydrogen-bond donors (Lipinski definition) is 2. The molecular formula is C23H30ClNO3. The molecule has 0 fully saturated rings. The van der Waals surface area contributed by atoms with E-state index in [-0.39, 0.29) is 18.8 Å². The lowest BCUT2D eigenvalue weighted by Gasteiger charge is -2.07. The quantitative estimate of drug-likeness (QED) is 0.491. The molecule has 0 amide bonds. The van der Waals surface area contributed by atoms with Crippen molar-refractivity contribution in [2.75, 3.05) is 19.7 Å². The summed E-state index contributed by atoms with van der Waals surface area (Å²) < 4.78 is 5.82. The summed E-state index contributed by atoms with van der Waals surface area (Å²) in [4.78, 5) is 10.5. The molecule has 0 unspecified atom stereocenters. The largest absolute Gasteiger partial charge is 0.494 e. The number of carbonyl (C=O) groups is 1. The summed E-state index contributed by atoms with van der Waals surface area (Å²) in [6.45, 7) is 3.93. The normalized spacial score (nSPS) is 11.0. The van der Waals surface area contributed by atoms with Gasteiger partial charge in [-0.05, 0) is 49.4 Å². The number of aryl methyl sites for hydroxylation is 1. The third kappa shape index (κ3) is 10.1. The fraction of sp³-hybridized carbons (Fsp3) is 0.348. The number of aliphatic carboxylic acids is 1. The minimum Gasteiger partial charge on any atom is -0.494 e. The van der Waals surface area contributed by atoms with Crippen LogP contribution in [0, 0.1) is 0 Å². The lowest BCUT2D eigenvalue weighted by atomic mass is 10.1. The van der Waals surface area contributed by atoms with Crippen LogP contribution in [0.25, 0.3) is 6.08 Å². The maximum atomic E-state index is 10.5. The molecule has 2 aromatic carbocycles. The van der Waals surface area contributed by atoms with E-state index in [1.165, 1.54) is 5.56 Å². The van der Waals surface area contributed by atoms with Crippen LogP contribution in [0.15, 0.2) is 60.2 Å². The van der Waals surface area contributed by atoms with Crippen LogP contribution in [0.4, 0.5) is 0 Å². The van der Waals surface area contributed by atoms with E-state index < -0.39 is 5.97 Å². The van der Waals surface area contributed by atoms with Crippen molar-refractivity contribution in [2.24, 2.45) is 0 Å². The summed E-state index contributed by atoms with van der Waals surface area (Å²) >= 11 is 0. The van der Waals surface area contributed by atoms with Gasteiger partial charge in [0.1, 0.15) is 5.75 Å². The highest BCUT2D eigenvalue weighted by molar-refractivity contribution is 5.85. The predicted octanol–water partition coefficient (Wildman–Crippen LogP) is 4.98. The smallest absolute Gasteiger partial charge is 0.304 e. The number of hydrogen-bond acceptors (Lipinski definition) is 3. The number of unbranched alkanes of at least 4 members (excludes halogenated alkanes) is 1. The maximum Gasteiger partial charge on any atom is 0.304 e. The fourth-order valence-corrected chi connectivity index (χ4v) is 2.74. The summed E-state index contributed by atoms with van der Waals surface area (Å²) in [5, 5.41) is 11.7. The van der Waals surface area contributed by atoms with Crippen molar-refractivity contribution in [3.63, 3.8) is 0 Å². The van der Waals surface area contributed by atoms with Crippen LogP contribution in [0.1, 0.15) is 37.3 Å². The summed E-state index contributed by atoms with van der Waals surface area (Å²) in [5.41, 5.74) is 3.65. The molecule has 5 heteroatoms. The summed E-state index contributed by atoms with van der Waals surface area (Å²) in [6, 6.07) is 18.6. The van der Waals surface area contributed by atoms with Crippen molar-refractivity contribution in [1.29, 1.82) is 0 Å². The lowest BCUT2D eigenvalue weighted by molar-refractivity contribution is -0.136. The van der Waals surface area contributed by atoms with Crippen molar-refractivity contribution in [2.45, 2.75) is 32.6 Å². The van der Waals surface area contributed by atoms with Gasteiger partial charge in [0.15, 0.2) is 0 Å². The van der Waals surface area contributed by atoms with Crippen LogP contribution in [0.2, 0.25) is 0 Å². The number of ether oxygens (including phenoxy) is 1. The molecule has 0 spiro atoms. The van der Waals surface area contributed by atoms with Gasteiger partial charge in [-0.15, -0.1) is 12.4 Å². The molecule has 28 heavy (non-hydrogen) atoms. The van der Waals surface area contributed by atoms with Gasteiger partial charge in [0.25, 0.3) is 0 Å². The van der Waals surface area contributed by atoms with E-state index in [0.29, 0.717) is 13.1 Å². The Morgan fingerprint density at radius 3 is 2.46 bits per heavy atom. The molecule has 152 valence electrons. The van der Waals surface area contributed by atoms with Gasteiger partial charge >= 0.3 is 5.97 Å². The van der Waals surface area contributed by atoms with Gasteiger partial charge in [0, 0.05) is 13.1 Å². The van der Waals surface area contributed by atoms with Gasteiger partial charge in [-0.3, -0.25) is 4.79 Å². The monoisotopic (exact) mass is 403 g/mol. The topological polar surface area (TPSA) is 58.6 Å². The summed E-state index contributed by atoms with van der Waals surface area (Å²) in [7, 11) is 0. The highest BCUT2D eigenvalue weighted by Crippen LogP contribution is 2.15. The van der Waals surface area contributed by atoms with Crippen molar-refractivity contribution >= 4 is 24.5 Å². The number of benzene rings is 2. The first-order chi connectivity index (χ1) is 13.1. The second kappa shape index (κ2) is 13.8. The van der Waals surface area contributed by atoms with Gasteiger partial charge < -0.3 is 15.2 Å². The van der Waals surface area contributed by atoms with Crippen LogP contribution < -0.4 is 10.1 Å². The van der Waals surface area contributed by atoms with Gasteiger partial charge in [0.2, 0.25) is 0 Å². The zero-order valence-electron chi connectivity index (χ0n) is 16.4. The molecule has 0 aliphatic carbocycles. The van der Waals surface area contributed by atoms with E-state index in [0.717, 1.165) is 42.8 Å². The minimum atomic E-state index is -0.778. The number of halogens is 1. The Bertz CT molecular complexity index is 714. The first kappa shape index (κ1) is 23.7. The van der Waals surface area contributed by atoms with Gasteiger partial charge in [-0.2, -0.15) is 0 Å². The van der Waals surface area contributed by atoms with Crippen molar-refractivity contribution in [3.8, 4) is 5.75 Å². The molecular weight excluding hydrogens is 374 g/mol. The Kier molecular flexibility index (Phi) is 11.7. The Balaban J connectivity index is 0.00000392. The molecule has 0 aliphatic rings. The standard InChI is InChI=1S/C23H29NO3.ClH/c1-19(18-24-15-14-23(25)26)17-21-10-12-22(13-11-21)27-16-6-5-9-20-7-3-2-4-8-20;/h2-4,7-8,10-13,17,24H,5-6,9,14-16,18H2,1H3,(H,25,26);1H. The van der Waals surface area contributed by atoms with E-state index in [4.69, 9.17) is 9.84 Å². The molecule has 2 rings (SSSR count). The molecule has 0 heterocycles. The molecule has 0 aliphatic heterocycles. The van der Waals surface area contributed by atoms with Gasteiger partial charge in [-0.1, -0.05) is 54.1 Å². The Labute approximate surface area is 174 Å². The van der Waals surface area contributed by atoms with E-state index in [1.54, 1.807) is 0 Å². The third-order valence-electron chi connectivity index (χ3n) is 4.18. The first-order valence-corrected chi connectivity index (χ1v) is 9.50. The fourth-order valence-electron chi connectivity index (χ4n) is 2.74. The lowest BCUT2D eigenvalue weighted by Crippen LogP contribution is -2.19. The molecule has 0 aromatic heterocycles. The van der Waals surface area contributed by atoms with Crippen molar-refractivity contribution in [1.82, 2.24) is 5.32 Å². The average Bonchev–Trinajstić information content (AvgIpc) is 2.67. The van der Waals surface area contributed by atoms with E-state index >= 15 is 0 Å². The van der Waals surface area contributed by atoms with Gasteiger partial charge in [-0.25, -0.2) is 0 Å². The van der Waals surface area contributed by atoms with E-state index in [9.17, 15) is 4.79 Å². The predicted molar refractivity (Wildman–Crippen MR) is 117 cm³/mol. The van der Waals surface area contributed by atoms with Crippen molar-refractivity contribution < 1.29 is 14.6 Å². The second-order valence-electron chi connectivity index (χ2n) is 6.67. The van der Waals surface area contributed by atoms with Crippen molar-refractivity contribution in [3.05, 3.63) is 71.3 Å². The Morgan fingerprint density at radius 1 is 1.07 bits per heavy atom.